The molecule has 23 heavy (non-hydrogen) atoms. The second kappa shape index (κ2) is 8.78. The second-order valence-corrected chi connectivity index (χ2v) is 6.95. The Morgan fingerprint density at radius 1 is 1.09 bits per heavy atom. The van der Waals surface area contributed by atoms with E-state index in [4.69, 9.17) is 0 Å². The lowest BCUT2D eigenvalue weighted by molar-refractivity contribution is -0.121. The van der Waals surface area contributed by atoms with Crippen LogP contribution >= 0.6 is 11.8 Å². The maximum atomic E-state index is 12.2. The van der Waals surface area contributed by atoms with E-state index in [2.05, 4.69) is 56.4 Å². The van der Waals surface area contributed by atoms with Gasteiger partial charge in [-0.2, -0.15) is 0 Å². The summed E-state index contributed by atoms with van der Waals surface area (Å²) in [7, 11) is 0. The SMILES string of the molecule is CC[C@@H](NC(=O)CCSc1ccccc1)c1ccc(C)c(C)c1. The van der Waals surface area contributed by atoms with Crippen molar-refractivity contribution in [1.29, 1.82) is 0 Å². The molecule has 0 aliphatic carbocycles. The standard InChI is InChI=1S/C20H25NOS/c1-4-19(17-11-10-15(2)16(3)14-17)21-20(22)12-13-23-18-8-6-5-7-9-18/h5-11,14,19H,4,12-13H2,1-3H3,(H,21,22)/t19-/m1/s1. The number of aryl methyl sites for hydroxylation is 2. The van der Waals surface area contributed by atoms with Crippen LogP contribution in [0.25, 0.3) is 0 Å². The number of carbonyl (C=O) groups is 1. The van der Waals surface area contributed by atoms with Crippen molar-refractivity contribution >= 4 is 17.7 Å². The van der Waals surface area contributed by atoms with Crippen LogP contribution in [0.5, 0.6) is 0 Å². The van der Waals surface area contributed by atoms with E-state index in [-0.39, 0.29) is 11.9 Å². The van der Waals surface area contributed by atoms with E-state index in [0.717, 1.165) is 12.2 Å². The minimum absolute atomic E-state index is 0.100. The van der Waals surface area contributed by atoms with Crippen LogP contribution in [0.4, 0.5) is 0 Å². The molecule has 0 unspecified atom stereocenters. The van der Waals surface area contributed by atoms with E-state index < -0.39 is 0 Å². The van der Waals surface area contributed by atoms with Crippen LogP contribution in [0, 0.1) is 13.8 Å². The molecule has 122 valence electrons. The highest BCUT2D eigenvalue weighted by Gasteiger charge is 2.13. The van der Waals surface area contributed by atoms with E-state index in [1.807, 2.05) is 18.2 Å². The van der Waals surface area contributed by atoms with Gasteiger partial charge in [0.05, 0.1) is 6.04 Å². The predicted molar refractivity (Wildman–Crippen MR) is 98.9 cm³/mol. The Morgan fingerprint density at radius 3 is 2.48 bits per heavy atom. The fourth-order valence-corrected chi connectivity index (χ4v) is 3.32. The second-order valence-electron chi connectivity index (χ2n) is 5.78. The zero-order valence-electron chi connectivity index (χ0n) is 14.1. The van der Waals surface area contributed by atoms with Crippen molar-refractivity contribution in [2.45, 2.75) is 44.6 Å². The van der Waals surface area contributed by atoms with Gasteiger partial charge in [0.25, 0.3) is 0 Å². The average Bonchev–Trinajstić information content (AvgIpc) is 2.56. The molecule has 0 aromatic heterocycles. The van der Waals surface area contributed by atoms with Gasteiger partial charge in [0.1, 0.15) is 0 Å². The van der Waals surface area contributed by atoms with Gasteiger partial charge < -0.3 is 5.32 Å². The number of rotatable bonds is 7. The molecular formula is C20H25NOS. The van der Waals surface area contributed by atoms with Crippen LogP contribution < -0.4 is 5.32 Å². The maximum absolute atomic E-state index is 12.2. The van der Waals surface area contributed by atoms with Crippen LogP contribution in [0.2, 0.25) is 0 Å². The minimum Gasteiger partial charge on any atom is -0.349 e. The molecule has 2 aromatic rings. The highest BCUT2D eigenvalue weighted by Crippen LogP contribution is 2.21. The molecule has 0 fully saturated rings. The van der Waals surface area contributed by atoms with Crippen LogP contribution in [0.15, 0.2) is 53.4 Å². The zero-order chi connectivity index (χ0) is 16.7. The zero-order valence-corrected chi connectivity index (χ0v) is 15.0. The summed E-state index contributed by atoms with van der Waals surface area (Å²) in [6.45, 7) is 6.34. The fourth-order valence-electron chi connectivity index (χ4n) is 2.45. The molecule has 2 aromatic carbocycles. The van der Waals surface area contributed by atoms with Gasteiger partial charge in [-0.25, -0.2) is 0 Å². The predicted octanol–water partition coefficient (Wildman–Crippen LogP) is 5.05. The topological polar surface area (TPSA) is 29.1 Å². The van der Waals surface area contributed by atoms with Gasteiger partial charge >= 0.3 is 0 Å². The first kappa shape index (κ1) is 17.6. The monoisotopic (exact) mass is 327 g/mol. The smallest absolute Gasteiger partial charge is 0.221 e. The summed E-state index contributed by atoms with van der Waals surface area (Å²) in [5, 5.41) is 3.16. The third kappa shape index (κ3) is 5.43. The Morgan fingerprint density at radius 2 is 1.83 bits per heavy atom. The quantitative estimate of drug-likeness (QED) is 0.721. The molecule has 0 spiro atoms. The number of thioether (sulfide) groups is 1. The van der Waals surface area contributed by atoms with Crippen molar-refractivity contribution in [3.63, 3.8) is 0 Å². The summed E-state index contributed by atoms with van der Waals surface area (Å²) >= 11 is 1.72. The largest absolute Gasteiger partial charge is 0.349 e. The first-order valence-corrected chi connectivity index (χ1v) is 9.13. The molecule has 0 aliphatic rings. The van der Waals surface area contributed by atoms with E-state index in [9.17, 15) is 4.79 Å². The summed E-state index contributed by atoms with van der Waals surface area (Å²) in [5.41, 5.74) is 3.75. The molecule has 1 atom stereocenters. The first-order chi connectivity index (χ1) is 11.1. The number of hydrogen-bond donors (Lipinski definition) is 1. The van der Waals surface area contributed by atoms with Crippen LogP contribution in [0.1, 0.15) is 42.5 Å². The molecule has 2 rings (SSSR count). The lowest BCUT2D eigenvalue weighted by atomic mass is 9.99. The Bertz CT molecular complexity index is 639. The van der Waals surface area contributed by atoms with Crippen molar-refractivity contribution in [3.05, 3.63) is 65.2 Å². The van der Waals surface area contributed by atoms with Crippen molar-refractivity contribution in [2.24, 2.45) is 0 Å². The lowest BCUT2D eigenvalue weighted by Gasteiger charge is -2.18. The van der Waals surface area contributed by atoms with Crippen LogP contribution in [0.3, 0.4) is 0 Å². The van der Waals surface area contributed by atoms with Gasteiger partial charge in [-0.3, -0.25) is 4.79 Å². The molecule has 0 bridgehead atoms. The number of nitrogens with one attached hydrogen (secondary N) is 1. The van der Waals surface area contributed by atoms with Crippen LogP contribution in [-0.2, 0) is 4.79 Å². The summed E-state index contributed by atoms with van der Waals surface area (Å²) in [6, 6.07) is 16.7. The first-order valence-electron chi connectivity index (χ1n) is 8.14. The molecule has 0 saturated heterocycles. The van der Waals surface area contributed by atoms with E-state index in [0.29, 0.717) is 6.42 Å². The number of benzene rings is 2. The number of amides is 1. The Kier molecular flexibility index (Phi) is 6.72. The molecule has 0 saturated carbocycles. The van der Waals surface area contributed by atoms with E-state index in [1.165, 1.54) is 21.6 Å². The van der Waals surface area contributed by atoms with Crippen molar-refractivity contribution in [1.82, 2.24) is 5.32 Å². The van der Waals surface area contributed by atoms with Crippen molar-refractivity contribution in [2.75, 3.05) is 5.75 Å². The van der Waals surface area contributed by atoms with Crippen molar-refractivity contribution in [3.8, 4) is 0 Å². The summed E-state index contributed by atoms with van der Waals surface area (Å²) in [4.78, 5) is 13.4. The molecule has 1 amide bonds. The van der Waals surface area contributed by atoms with Gasteiger partial charge in [0.2, 0.25) is 5.91 Å². The van der Waals surface area contributed by atoms with Gasteiger partial charge in [0, 0.05) is 17.1 Å². The molecule has 0 heterocycles. The third-order valence-electron chi connectivity index (χ3n) is 4.02. The van der Waals surface area contributed by atoms with E-state index in [1.54, 1.807) is 11.8 Å². The Labute approximate surface area is 143 Å². The van der Waals surface area contributed by atoms with Crippen molar-refractivity contribution < 1.29 is 4.79 Å². The summed E-state index contributed by atoms with van der Waals surface area (Å²) in [5.74, 6) is 0.928. The highest BCUT2D eigenvalue weighted by atomic mass is 32.2. The van der Waals surface area contributed by atoms with Crippen LogP contribution in [-0.4, -0.2) is 11.7 Å². The molecule has 0 aliphatic heterocycles. The molecular weight excluding hydrogens is 302 g/mol. The molecule has 0 radical (unpaired) electrons. The molecule has 3 heteroatoms. The summed E-state index contributed by atoms with van der Waals surface area (Å²) in [6.07, 6.45) is 1.45. The molecule has 1 N–H and O–H groups in total. The number of hydrogen-bond acceptors (Lipinski definition) is 2. The van der Waals surface area contributed by atoms with Gasteiger partial charge in [-0.05, 0) is 49.1 Å². The third-order valence-corrected chi connectivity index (χ3v) is 5.03. The van der Waals surface area contributed by atoms with Gasteiger partial charge in [0.15, 0.2) is 0 Å². The normalized spacial score (nSPS) is 12.0. The van der Waals surface area contributed by atoms with E-state index >= 15 is 0 Å². The summed E-state index contributed by atoms with van der Waals surface area (Å²) < 4.78 is 0. The Balaban J connectivity index is 1.85. The number of carbonyl (C=O) groups excluding carboxylic acids is 1. The maximum Gasteiger partial charge on any atom is 0.221 e. The highest BCUT2D eigenvalue weighted by molar-refractivity contribution is 7.99. The van der Waals surface area contributed by atoms with Gasteiger partial charge in [-0.1, -0.05) is 43.3 Å². The van der Waals surface area contributed by atoms with Gasteiger partial charge in [-0.15, -0.1) is 11.8 Å². The minimum atomic E-state index is 0.100. The fraction of sp³-hybridized carbons (Fsp3) is 0.350. The average molecular weight is 327 g/mol. The lowest BCUT2D eigenvalue weighted by Crippen LogP contribution is -2.28. The molecule has 2 nitrogen and oxygen atoms in total. The Hall–Kier alpha value is -1.74.